The molecule has 0 aromatic carbocycles. The lowest BCUT2D eigenvalue weighted by Crippen LogP contribution is -2.56. The minimum absolute atomic E-state index is 0.202. The average Bonchev–Trinajstić information content (AvgIpc) is 2.79. The first kappa shape index (κ1) is 14.5. The summed E-state index contributed by atoms with van der Waals surface area (Å²) in [5.74, 6) is -0.0431. The highest BCUT2D eigenvalue weighted by molar-refractivity contribution is 5.87. The lowest BCUT2D eigenvalue weighted by Gasteiger charge is -2.33. The Bertz CT molecular complexity index is 512. The number of piperazine rings is 1. The van der Waals surface area contributed by atoms with Crippen LogP contribution in [0.25, 0.3) is 0 Å². The summed E-state index contributed by atoms with van der Waals surface area (Å²) in [4.78, 5) is 24.9. The number of esters is 1. The molecule has 2 rings (SSSR count). The van der Waals surface area contributed by atoms with Crippen LogP contribution in [0.2, 0.25) is 0 Å². The highest BCUT2D eigenvalue weighted by Crippen LogP contribution is 2.18. The Kier molecular flexibility index (Phi) is 4.41. The van der Waals surface area contributed by atoms with Crippen molar-refractivity contribution in [2.75, 3.05) is 26.7 Å². The van der Waals surface area contributed by atoms with Gasteiger partial charge in [-0.1, -0.05) is 0 Å². The summed E-state index contributed by atoms with van der Waals surface area (Å²) in [6.45, 7) is 4.23. The van der Waals surface area contributed by atoms with Crippen LogP contribution in [-0.2, 0) is 16.1 Å². The van der Waals surface area contributed by atoms with Gasteiger partial charge in [0.25, 0.3) is 0 Å². The lowest BCUT2D eigenvalue weighted by atomic mass is 10.1. The van der Waals surface area contributed by atoms with E-state index in [1.165, 1.54) is 7.11 Å². The monoisotopic (exact) mass is 281 g/mol. The Morgan fingerprint density at radius 1 is 1.60 bits per heavy atom. The quantitative estimate of drug-likeness (QED) is 0.731. The van der Waals surface area contributed by atoms with Crippen LogP contribution in [0.5, 0.6) is 0 Å². The van der Waals surface area contributed by atoms with Gasteiger partial charge in [-0.05, 0) is 13.0 Å². The summed E-state index contributed by atoms with van der Waals surface area (Å²) >= 11 is 0. The number of furan rings is 1. The summed E-state index contributed by atoms with van der Waals surface area (Å²) in [5, 5.41) is 3.13. The molecule has 1 fully saturated rings. The standard InChI is InChI=1S/C13H19N3O4/c1-8-5-9(20-11(8)13(18)19-2)7-16-4-3-15-6-10(16)12(14)17/h5,10,15H,3-4,6-7H2,1-2H3,(H2,14,17). The molecule has 3 N–H and O–H groups in total. The van der Waals surface area contributed by atoms with Gasteiger partial charge in [0.1, 0.15) is 11.8 Å². The van der Waals surface area contributed by atoms with Gasteiger partial charge < -0.3 is 20.2 Å². The van der Waals surface area contributed by atoms with Crippen LogP contribution in [0.4, 0.5) is 0 Å². The highest BCUT2D eigenvalue weighted by atomic mass is 16.5. The SMILES string of the molecule is COC(=O)c1oc(CN2CCNCC2C(N)=O)cc1C. The first-order valence-corrected chi connectivity index (χ1v) is 6.44. The molecule has 0 spiro atoms. The van der Waals surface area contributed by atoms with E-state index in [0.29, 0.717) is 25.4 Å². The predicted octanol–water partition coefficient (Wildman–Crippen LogP) is -0.366. The first-order valence-electron chi connectivity index (χ1n) is 6.44. The number of methoxy groups -OCH3 is 1. The number of ether oxygens (including phenoxy) is 1. The van der Waals surface area contributed by atoms with Gasteiger partial charge in [-0.15, -0.1) is 0 Å². The maximum atomic E-state index is 11.5. The van der Waals surface area contributed by atoms with E-state index < -0.39 is 5.97 Å². The van der Waals surface area contributed by atoms with Crippen LogP contribution in [0, 0.1) is 6.92 Å². The van der Waals surface area contributed by atoms with Crippen molar-refractivity contribution in [1.82, 2.24) is 10.2 Å². The van der Waals surface area contributed by atoms with Crippen molar-refractivity contribution < 1.29 is 18.7 Å². The molecule has 1 aromatic heterocycles. The van der Waals surface area contributed by atoms with E-state index in [9.17, 15) is 9.59 Å². The Morgan fingerprint density at radius 2 is 2.35 bits per heavy atom. The van der Waals surface area contributed by atoms with E-state index >= 15 is 0 Å². The van der Waals surface area contributed by atoms with Crippen molar-refractivity contribution in [1.29, 1.82) is 0 Å². The number of hydrogen-bond donors (Lipinski definition) is 2. The number of nitrogens with zero attached hydrogens (tertiary/aromatic N) is 1. The molecule has 7 heteroatoms. The number of primary amides is 1. The van der Waals surface area contributed by atoms with Crippen LogP contribution in [0.1, 0.15) is 21.9 Å². The van der Waals surface area contributed by atoms with Gasteiger partial charge in [0.05, 0.1) is 13.7 Å². The normalized spacial score (nSPS) is 19.8. The highest BCUT2D eigenvalue weighted by Gasteiger charge is 2.28. The van der Waals surface area contributed by atoms with Crippen molar-refractivity contribution >= 4 is 11.9 Å². The number of hydrogen-bond acceptors (Lipinski definition) is 6. The van der Waals surface area contributed by atoms with Crippen molar-refractivity contribution in [3.05, 3.63) is 23.2 Å². The van der Waals surface area contributed by atoms with E-state index in [-0.39, 0.29) is 17.7 Å². The van der Waals surface area contributed by atoms with E-state index in [1.54, 1.807) is 13.0 Å². The van der Waals surface area contributed by atoms with Crippen LogP contribution in [-0.4, -0.2) is 49.6 Å². The largest absolute Gasteiger partial charge is 0.463 e. The molecule has 0 saturated carbocycles. The summed E-state index contributed by atoms with van der Waals surface area (Å²) < 4.78 is 10.2. The number of nitrogens with one attached hydrogen (secondary N) is 1. The molecule has 110 valence electrons. The summed E-state index contributed by atoms with van der Waals surface area (Å²) in [5.41, 5.74) is 6.11. The molecule has 0 bridgehead atoms. The zero-order chi connectivity index (χ0) is 14.7. The molecule has 0 aliphatic carbocycles. The zero-order valence-corrected chi connectivity index (χ0v) is 11.6. The zero-order valence-electron chi connectivity index (χ0n) is 11.6. The van der Waals surface area contributed by atoms with Gasteiger partial charge in [-0.25, -0.2) is 4.79 Å². The minimum atomic E-state index is -0.500. The van der Waals surface area contributed by atoms with Gasteiger partial charge >= 0.3 is 5.97 Å². The van der Waals surface area contributed by atoms with Gasteiger partial charge in [0.15, 0.2) is 0 Å². The molecule has 0 radical (unpaired) electrons. The molecule has 1 amide bonds. The Hall–Kier alpha value is -1.86. The van der Waals surface area contributed by atoms with E-state index in [0.717, 1.165) is 12.1 Å². The summed E-state index contributed by atoms with van der Waals surface area (Å²) in [6.07, 6.45) is 0. The second-order valence-corrected chi connectivity index (χ2v) is 4.81. The number of aryl methyl sites for hydroxylation is 1. The molecule has 2 heterocycles. The van der Waals surface area contributed by atoms with Crippen molar-refractivity contribution in [2.45, 2.75) is 19.5 Å². The fourth-order valence-corrected chi connectivity index (χ4v) is 2.34. The van der Waals surface area contributed by atoms with Gasteiger partial charge in [0, 0.05) is 25.2 Å². The van der Waals surface area contributed by atoms with Crippen LogP contribution < -0.4 is 11.1 Å². The molecular weight excluding hydrogens is 262 g/mol. The third-order valence-corrected chi connectivity index (χ3v) is 3.38. The average molecular weight is 281 g/mol. The fourth-order valence-electron chi connectivity index (χ4n) is 2.34. The van der Waals surface area contributed by atoms with Gasteiger partial charge in [-0.3, -0.25) is 9.69 Å². The number of rotatable bonds is 4. The predicted molar refractivity (Wildman–Crippen MR) is 71.0 cm³/mol. The molecule has 1 aliphatic rings. The second kappa shape index (κ2) is 6.06. The topological polar surface area (TPSA) is 97.8 Å². The molecule has 1 aromatic rings. The third kappa shape index (κ3) is 3.00. The van der Waals surface area contributed by atoms with Crippen LogP contribution >= 0.6 is 0 Å². The minimum Gasteiger partial charge on any atom is -0.463 e. The number of nitrogens with two attached hydrogens (primary N) is 1. The van der Waals surface area contributed by atoms with E-state index in [1.807, 2.05) is 4.90 Å². The summed E-state index contributed by atoms with van der Waals surface area (Å²) in [6, 6.07) is 1.42. The number of amides is 1. The molecule has 1 saturated heterocycles. The summed E-state index contributed by atoms with van der Waals surface area (Å²) in [7, 11) is 1.31. The molecular formula is C13H19N3O4. The molecule has 7 nitrogen and oxygen atoms in total. The maximum absolute atomic E-state index is 11.5. The third-order valence-electron chi connectivity index (χ3n) is 3.38. The van der Waals surface area contributed by atoms with Crippen molar-refractivity contribution in [2.24, 2.45) is 5.73 Å². The Labute approximate surface area is 117 Å². The van der Waals surface area contributed by atoms with E-state index in [2.05, 4.69) is 10.1 Å². The van der Waals surface area contributed by atoms with Gasteiger partial charge in [-0.2, -0.15) is 0 Å². The van der Waals surface area contributed by atoms with Crippen LogP contribution in [0.3, 0.4) is 0 Å². The van der Waals surface area contributed by atoms with Crippen molar-refractivity contribution in [3.8, 4) is 0 Å². The maximum Gasteiger partial charge on any atom is 0.374 e. The second-order valence-electron chi connectivity index (χ2n) is 4.81. The number of carbonyl (C=O) groups is 2. The smallest absolute Gasteiger partial charge is 0.374 e. The molecule has 1 aliphatic heterocycles. The van der Waals surface area contributed by atoms with E-state index in [4.69, 9.17) is 10.2 Å². The lowest BCUT2D eigenvalue weighted by molar-refractivity contribution is -0.124. The van der Waals surface area contributed by atoms with Crippen LogP contribution in [0.15, 0.2) is 10.5 Å². The Morgan fingerprint density at radius 3 is 3.00 bits per heavy atom. The number of carbonyl (C=O) groups excluding carboxylic acids is 2. The molecule has 1 atom stereocenters. The van der Waals surface area contributed by atoms with Crippen molar-refractivity contribution in [3.63, 3.8) is 0 Å². The first-order chi connectivity index (χ1) is 9.52. The fraction of sp³-hybridized carbons (Fsp3) is 0.538. The van der Waals surface area contributed by atoms with Gasteiger partial charge in [0.2, 0.25) is 11.7 Å². The Balaban J connectivity index is 2.12. The molecule has 1 unspecified atom stereocenters. The molecule has 20 heavy (non-hydrogen) atoms.